The molecule has 0 fully saturated rings. The number of nitrogens with one attached hydrogen (secondary N) is 1. The summed E-state index contributed by atoms with van der Waals surface area (Å²) in [7, 11) is 0. The standard InChI is InChI=1S/C14H16N4O3/c1-2-6-11-15-13(17-16-11)14(21)18(9-12(19)20)10-7-4-3-5-8-10/h3-5,7-8H,2,6,9H2,1H3,(H,19,20)(H,15,16,17). The summed E-state index contributed by atoms with van der Waals surface area (Å²) in [6.07, 6.45) is 1.56. The second-order valence-corrected chi connectivity index (χ2v) is 4.48. The largest absolute Gasteiger partial charge is 0.480 e. The molecule has 0 aliphatic rings. The van der Waals surface area contributed by atoms with E-state index in [-0.39, 0.29) is 5.82 Å². The van der Waals surface area contributed by atoms with Crippen LogP contribution < -0.4 is 4.90 Å². The summed E-state index contributed by atoms with van der Waals surface area (Å²) in [5, 5.41) is 15.5. The van der Waals surface area contributed by atoms with Gasteiger partial charge in [-0.25, -0.2) is 4.98 Å². The molecule has 7 heteroatoms. The first-order valence-electron chi connectivity index (χ1n) is 6.61. The minimum Gasteiger partial charge on any atom is -0.480 e. The van der Waals surface area contributed by atoms with Crippen molar-refractivity contribution in [1.29, 1.82) is 0 Å². The van der Waals surface area contributed by atoms with Gasteiger partial charge in [0.05, 0.1) is 0 Å². The molecule has 0 radical (unpaired) electrons. The maximum atomic E-state index is 12.4. The number of hydrogen-bond acceptors (Lipinski definition) is 4. The highest BCUT2D eigenvalue weighted by Gasteiger charge is 2.23. The van der Waals surface area contributed by atoms with Crippen LogP contribution in [0.1, 0.15) is 29.8 Å². The maximum absolute atomic E-state index is 12.4. The summed E-state index contributed by atoms with van der Waals surface area (Å²) in [5.74, 6) is -1.05. The lowest BCUT2D eigenvalue weighted by Gasteiger charge is -2.18. The molecule has 0 aliphatic carbocycles. The van der Waals surface area contributed by atoms with Crippen molar-refractivity contribution in [3.05, 3.63) is 42.0 Å². The van der Waals surface area contributed by atoms with Crippen LogP contribution in [0.25, 0.3) is 0 Å². The Kier molecular flexibility index (Phi) is 4.65. The van der Waals surface area contributed by atoms with Gasteiger partial charge in [-0.3, -0.25) is 19.6 Å². The number of nitrogens with zero attached hydrogens (tertiary/aromatic N) is 3. The third-order valence-electron chi connectivity index (χ3n) is 2.82. The normalized spacial score (nSPS) is 10.3. The number of aromatic amines is 1. The highest BCUT2D eigenvalue weighted by atomic mass is 16.4. The summed E-state index contributed by atoms with van der Waals surface area (Å²) >= 11 is 0. The monoisotopic (exact) mass is 288 g/mol. The van der Waals surface area contributed by atoms with Gasteiger partial charge in [0.25, 0.3) is 5.91 Å². The van der Waals surface area contributed by atoms with E-state index in [1.165, 1.54) is 0 Å². The minimum atomic E-state index is -1.10. The number of anilines is 1. The number of carbonyl (C=O) groups excluding carboxylic acids is 1. The zero-order chi connectivity index (χ0) is 15.2. The Morgan fingerprint density at radius 2 is 2.00 bits per heavy atom. The van der Waals surface area contributed by atoms with Crippen molar-refractivity contribution < 1.29 is 14.7 Å². The molecule has 1 amide bonds. The van der Waals surface area contributed by atoms with Crippen LogP contribution in [0, 0.1) is 0 Å². The summed E-state index contributed by atoms with van der Waals surface area (Å²) in [6, 6.07) is 8.59. The van der Waals surface area contributed by atoms with Gasteiger partial charge in [-0.1, -0.05) is 25.1 Å². The smallest absolute Gasteiger partial charge is 0.323 e. The Morgan fingerprint density at radius 3 is 2.62 bits per heavy atom. The van der Waals surface area contributed by atoms with Gasteiger partial charge in [0.2, 0.25) is 5.82 Å². The van der Waals surface area contributed by atoms with Crippen molar-refractivity contribution in [1.82, 2.24) is 15.2 Å². The summed E-state index contributed by atoms with van der Waals surface area (Å²) in [6.45, 7) is 1.55. The second-order valence-electron chi connectivity index (χ2n) is 4.48. The molecule has 7 nitrogen and oxygen atoms in total. The predicted molar refractivity (Wildman–Crippen MR) is 76.1 cm³/mol. The van der Waals surface area contributed by atoms with Crippen LogP contribution in [0.15, 0.2) is 30.3 Å². The summed E-state index contributed by atoms with van der Waals surface area (Å²) in [5.41, 5.74) is 0.492. The summed E-state index contributed by atoms with van der Waals surface area (Å²) < 4.78 is 0. The van der Waals surface area contributed by atoms with E-state index in [1.54, 1.807) is 30.3 Å². The molecule has 0 spiro atoms. The van der Waals surface area contributed by atoms with Gasteiger partial charge in [-0.05, 0) is 18.6 Å². The highest BCUT2D eigenvalue weighted by Crippen LogP contribution is 2.15. The third-order valence-corrected chi connectivity index (χ3v) is 2.82. The van der Waals surface area contributed by atoms with Gasteiger partial charge in [0.15, 0.2) is 0 Å². The molecule has 2 N–H and O–H groups in total. The van der Waals surface area contributed by atoms with Gasteiger partial charge in [-0.2, -0.15) is 0 Å². The molecule has 0 unspecified atom stereocenters. The lowest BCUT2D eigenvalue weighted by Crippen LogP contribution is -2.36. The molecule has 0 saturated carbocycles. The van der Waals surface area contributed by atoms with Crippen molar-refractivity contribution in [2.24, 2.45) is 0 Å². The zero-order valence-corrected chi connectivity index (χ0v) is 11.6. The fourth-order valence-corrected chi connectivity index (χ4v) is 1.88. The average Bonchev–Trinajstić information content (AvgIpc) is 2.94. The quantitative estimate of drug-likeness (QED) is 0.839. The molecule has 21 heavy (non-hydrogen) atoms. The number of carbonyl (C=O) groups is 2. The SMILES string of the molecule is CCCc1nc(C(=O)N(CC(=O)O)c2ccccc2)n[nH]1. The second kappa shape index (κ2) is 6.65. The Hall–Kier alpha value is -2.70. The first-order chi connectivity index (χ1) is 10.1. The highest BCUT2D eigenvalue weighted by molar-refractivity contribution is 6.05. The number of aliphatic carboxylic acids is 1. The fourth-order valence-electron chi connectivity index (χ4n) is 1.88. The van der Waals surface area contributed by atoms with E-state index in [1.807, 2.05) is 6.92 Å². The molecule has 0 bridgehead atoms. The van der Waals surface area contributed by atoms with E-state index >= 15 is 0 Å². The van der Waals surface area contributed by atoms with Gasteiger partial charge in [0, 0.05) is 12.1 Å². The Bertz CT molecular complexity index is 624. The number of benzene rings is 1. The molecule has 1 aromatic heterocycles. The van der Waals surface area contributed by atoms with Crippen LogP contribution in [0.5, 0.6) is 0 Å². The van der Waals surface area contributed by atoms with E-state index in [9.17, 15) is 9.59 Å². The van der Waals surface area contributed by atoms with Crippen LogP contribution in [-0.4, -0.2) is 38.7 Å². The van der Waals surface area contributed by atoms with E-state index in [2.05, 4.69) is 15.2 Å². The van der Waals surface area contributed by atoms with E-state index in [0.29, 0.717) is 17.9 Å². The van der Waals surface area contributed by atoms with Crippen LogP contribution in [0.2, 0.25) is 0 Å². The van der Waals surface area contributed by atoms with Gasteiger partial charge >= 0.3 is 5.97 Å². The van der Waals surface area contributed by atoms with Gasteiger partial charge in [-0.15, -0.1) is 5.10 Å². The Morgan fingerprint density at radius 1 is 1.29 bits per heavy atom. The molecule has 1 heterocycles. The topological polar surface area (TPSA) is 99.2 Å². The Labute approximate surface area is 121 Å². The van der Waals surface area contributed by atoms with E-state index < -0.39 is 18.4 Å². The number of carboxylic acids is 1. The van der Waals surface area contributed by atoms with Crippen molar-refractivity contribution in [2.45, 2.75) is 19.8 Å². The predicted octanol–water partition coefficient (Wildman–Crippen LogP) is 1.49. The van der Waals surface area contributed by atoms with E-state index in [4.69, 9.17) is 5.11 Å². The number of H-pyrrole nitrogens is 1. The summed E-state index contributed by atoms with van der Waals surface area (Å²) in [4.78, 5) is 28.6. The number of carboxylic acid groups (broad SMARTS) is 1. The molecular weight excluding hydrogens is 272 g/mol. The molecule has 110 valence electrons. The maximum Gasteiger partial charge on any atom is 0.323 e. The van der Waals surface area contributed by atoms with E-state index in [0.717, 1.165) is 11.3 Å². The number of aromatic nitrogens is 3. The number of hydrogen-bond donors (Lipinski definition) is 2. The van der Waals surface area contributed by atoms with Crippen molar-refractivity contribution in [2.75, 3.05) is 11.4 Å². The molecule has 0 atom stereocenters. The van der Waals surface area contributed by atoms with Crippen LogP contribution in [-0.2, 0) is 11.2 Å². The molecule has 1 aromatic carbocycles. The molecular formula is C14H16N4O3. The third kappa shape index (κ3) is 3.65. The first-order valence-corrected chi connectivity index (χ1v) is 6.61. The molecule has 2 aromatic rings. The number of amides is 1. The minimum absolute atomic E-state index is 0.0245. The number of rotatable bonds is 6. The van der Waals surface area contributed by atoms with Crippen molar-refractivity contribution in [3.8, 4) is 0 Å². The van der Waals surface area contributed by atoms with Gasteiger partial charge in [0.1, 0.15) is 12.4 Å². The molecule has 0 saturated heterocycles. The lowest BCUT2D eigenvalue weighted by atomic mass is 10.2. The first kappa shape index (κ1) is 14.7. The Balaban J connectivity index is 2.27. The lowest BCUT2D eigenvalue weighted by molar-refractivity contribution is -0.135. The molecule has 2 rings (SSSR count). The van der Waals surface area contributed by atoms with Crippen LogP contribution >= 0.6 is 0 Å². The number of aryl methyl sites for hydroxylation is 1. The zero-order valence-electron chi connectivity index (χ0n) is 11.6. The molecule has 0 aliphatic heterocycles. The average molecular weight is 288 g/mol. The van der Waals surface area contributed by atoms with Gasteiger partial charge < -0.3 is 5.11 Å². The number of para-hydroxylation sites is 1. The van der Waals surface area contributed by atoms with Crippen molar-refractivity contribution in [3.63, 3.8) is 0 Å². The fraction of sp³-hybridized carbons (Fsp3) is 0.286. The van der Waals surface area contributed by atoms with Crippen molar-refractivity contribution >= 4 is 17.6 Å². The van der Waals surface area contributed by atoms with Crippen LogP contribution in [0.3, 0.4) is 0 Å². The van der Waals surface area contributed by atoms with Crippen LogP contribution in [0.4, 0.5) is 5.69 Å².